The average molecular weight is 254 g/mol. The number of halogens is 1. The van der Waals surface area contributed by atoms with Gasteiger partial charge in [-0.25, -0.2) is 4.39 Å². The molecule has 0 bridgehead atoms. The number of nitrogens with zero attached hydrogens (tertiary/aromatic N) is 1. The van der Waals surface area contributed by atoms with Gasteiger partial charge in [-0.3, -0.25) is 0 Å². The Hall–Kier alpha value is -1.33. The van der Waals surface area contributed by atoms with E-state index in [0.29, 0.717) is 13.2 Å². The molecule has 0 aliphatic carbocycles. The predicted octanol–water partition coefficient (Wildman–Crippen LogP) is 1.26. The van der Waals surface area contributed by atoms with Crippen molar-refractivity contribution in [2.75, 3.05) is 51.4 Å². The van der Waals surface area contributed by atoms with Crippen molar-refractivity contribution in [2.45, 2.75) is 0 Å². The molecule has 4 nitrogen and oxygen atoms in total. The summed E-state index contributed by atoms with van der Waals surface area (Å²) in [6.07, 6.45) is 0. The molecule has 2 rings (SSSR count). The summed E-state index contributed by atoms with van der Waals surface area (Å²) in [5.74, 6) is -0.0342. The fourth-order valence-electron chi connectivity index (χ4n) is 1.96. The third-order valence-electron chi connectivity index (χ3n) is 2.94. The second-order valence-corrected chi connectivity index (χ2v) is 4.19. The third-order valence-corrected chi connectivity index (χ3v) is 2.94. The van der Waals surface area contributed by atoms with Crippen LogP contribution in [0.3, 0.4) is 0 Å². The van der Waals surface area contributed by atoms with Gasteiger partial charge in [-0.2, -0.15) is 0 Å². The van der Waals surface area contributed by atoms with Crippen LogP contribution in [0.15, 0.2) is 18.2 Å². The first kappa shape index (κ1) is 13.1. The third kappa shape index (κ3) is 3.34. The van der Waals surface area contributed by atoms with Gasteiger partial charge in [-0.1, -0.05) is 0 Å². The van der Waals surface area contributed by atoms with E-state index in [0.717, 1.165) is 31.9 Å². The SMILES string of the molecule is COCCOc1ccc(N2CCNCC2)cc1F. The van der Waals surface area contributed by atoms with Gasteiger partial charge in [0.05, 0.1) is 6.61 Å². The summed E-state index contributed by atoms with van der Waals surface area (Å²) in [5.41, 5.74) is 0.910. The highest BCUT2D eigenvalue weighted by Gasteiger charge is 2.12. The molecule has 0 radical (unpaired) electrons. The number of piperazine rings is 1. The summed E-state index contributed by atoms with van der Waals surface area (Å²) in [6, 6.07) is 5.12. The van der Waals surface area contributed by atoms with E-state index in [4.69, 9.17) is 9.47 Å². The summed E-state index contributed by atoms with van der Waals surface area (Å²) in [6.45, 7) is 4.51. The van der Waals surface area contributed by atoms with Crippen molar-refractivity contribution < 1.29 is 13.9 Å². The molecule has 1 aliphatic rings. The van der Waals surface area contributed by atoms with Gasteiger partial charge in [0.15, 0.2) is 11.6 Å². The number of nitrogens with one attached hydrogen (secondary N) is 1. The average Bonchev–Trinajstić information content (AvgIpc) is 2.42. The number of ether oxygens (including phenoxy) is 2. The van der Waals surface area contributed by atoms with Gasteiger partial charge < -0.3 is 19.7 Å². The molecule has 18 heavy (non-hydrogen) atoms. The number of benzene rings is 1. The molecule has 0 spiro atoms. The smallest absolute Gasteiger partial charge is 0.167 e. The molecule has 1 saturated heterocycles. The monoisotopic (exact) mass is 254 g/mol. The number of anilines is 1. The molecular weight excluding hydrogens is 235 g/mol. The van der Waals surface area contributed by atoms with Crippen LogP contribution in [0, 0.1) is 5.82 Å². The van der Waals surface area contributed by atoms with Gasteiger partial charge in [0.1, 0.15) is 6.61 Å². The van der Waals surface area contributed by atoms with Gasteiger partial charge in [-0.15, -0.1) is 0 Å². The van der Waals surface area contributed by atoms with Gasteiger partial charge in [0.25, 0.3) is 0 Å². The Balaban J connectivity index is 1.99. The molecule has 0 unspecified atom stereocenters. The Morgan fingerprint density at radius 2 is 2.06 bits per heavy atom. The maximum absolute atomic E-state index is 13.8. The van der Waals surface area contributed by atoms with Gasteiger partial charge in [-0.05, 0) is 12.1 Å². The van der Waals surface area contributed by atoms with Crippen molar-refractivity contribution in [1.82, 2.24) is 5.32 Å². The lowest BCUT2D eigenvalue weighted by Gasteiger charge is -2.29. The lowest BCUT2D eigenvalue weighted by Crippen LogP contribution is -2.43. The highest BCUT2D eigenvalue weighted by Crippen LogP contribution is 2.24. The van der Waals surface area contributed by atoms with E-state index in [1.54, 1.807) is 13.2 Å². The normalized spacial score (nSPS) is 15.8. The molecule has 5 heteroatoms. The summed E-state index contributed by atoms with van der Waals surface area (Å²) >= 11 is 0. The van der Waals surface area contributed by atoms with Crippen LogP contribution in [0.5, 0.6) is 5.75 Å². The number of hydrogen-bond donors (Lipinski definition) is 1. The number of methoxy groups -OCH3 is 1. The molecule has 1 aromatic carbocycles. The second-order valence-electron chi connectivity index (χ2n) is 4.19. The Kier molecular flexibility index (Phi) is 4.78. The molecule has 1 aromatic rings. The number of rotatable bonds is 5. The lowest BCUT2D eigenvalue weighted by atomic mass is 10.2. The Labute approximate surface area is 107 Å². The minimum atomic E-state index is -0.317. The largest absolute Gasteiger partial charge is 0.488 e. The van der Waals surface area contributed by atoms with E-state index in [1.165, 1.54) is 6.07 Å². The van der Waals surface area contributed by atoms with Gasteiger partial charge in [0, 0.05) is 45.0 Å². The lowest BCUT2D eigenvalue weighted by molar-refractivity contribution is 0.144. The maximum atomic E-state index is 13.8. The fourth-order valence-corrected chi connectivity index (χ4v) is 1.96. The Morgan fingerprint density at radius 3 is 2.72 bits per heavy atom. The van der Waals surface area contributed by atoms with Gasteiger partial charge in [0.2, 0.25) is 0 Å². The van der Waals surface area contributed by atoms with E-state index in [-0.39, 0.29) is 11.6 Å². The van der Waals surface area contributed by atoms with E-state index in [2.05, 4.69) is 10.2 Å². The van der Waals surface area contributed by atoms with Crippen LogP contribution in [-0.4, -0.2) is 46.5 Å². The maximum Gasteiger partial charge on any atom is 0.167 e. The zero-order valence-corrected chi connectivity index (χ0v) is 10.6. The zero-order chi connectivity index (χ0) is 12.8. The van der Waals surface area contributed by atoms with Crippen molar-refractivity contribution in [1.29, 1.82) is 0 Å². The van der Waals surface area contributed by atoms with Crippen LogP contribution in [0.4, 0.5) is 10.1 Å². The summed E-state index contributed by atoms with van der Waals surface area (Å²) in [5, 5.41) is 3.27. The molecule has 1 aliphatic heterocycles. The van der Waals surface area contributed by atoms with Crippen LogP contribution < -0.4 is 15.0 Å². The van der Waals surface area contributed by atoms with Crippen LogP contribution in [-0.2, 0) is 4.74 Å². The van der Waals surface area contributed by atoms with Crippen molar-refractivity contribution in [3.63, 3.8) is 0 Å². The van der Waals surface area contributed by atoms with Crippen molar-refractivity contribution >= 4 is 5.69 Å². The molecule has 0 aromatic heterocycles. The van der Waals surface area contributed by atoms with Crippen molar-refractivity contribution in [3.05, 3.63) is 24.0 Å². The molecule has 1 fully saturated rings. The minimum absolute atomic E-state index is 0.283. The first-order chi connectivity index (χ1) is 8.81. The highest BCUT2D eigenvalue weighted by atomic mass is 19.1. The van der Waals surface area contributed by atoms with Crippen LogP contribution in [0.2, 0.25) is 0 Å². The fraction of sp³-hybridized carbons (Fsp3) is 0.538. The Morgan fingerprint density at radius 1 is 1.28 bits per heavy atom. The Bertz CT molecular complexity index is 381. The molecular formula is C13H19FN2O2. The van der Waals surface area contributed by atoms with Crippen LogP contribution >= 0.6 is 0 Å². The van der Waals surface area contributed by atoms with Crippen LogP contribution in [0.1, 0.15) is 0 Å². The molecule has 0 amide bonds. The second kappa shape index (κ2) is 6.56. The molecule has 0 saturated carbocycles. The van der Waals surface area contributed by atoms with Gasteiger partial charge >= 0.3 is 0 Å². The van der Waals surface area contributed by atoms with Crippen LogP contribution in [0.25, 0.3) is 0 Å². The van der Waals surface area contributed by atoms with Crippen molar-refractivity contribution in [2.24, 2.45) is 0 Å². The first-order valence-corrected chi connectivity index (χ1v) is 6.18. The molecule has 0 atom stereocenters. The van der Waals surface area contributed by atoms with E-state index in [9.17, 15) is 4.39 Å². The topological polar surface area (TPSA) is 33.7 Å². The number of hydrogen-bond acceptors (Lipinski definition) is 4. The summed E-state index contributed by atoms with van der Waals surface area (Å²) in [7, 11) is 1.59. The van der Waals surface area contributed by atoms with E-state index >= 15 is 0 Å². The quantitative estimate of drug-likeness (QED) is 0.802. The van der Waals surface area contributed by atoms with E-state index in [1.807, 2.05) is 6.07 Å². The molecule has 1 heterocycles. The summed E-state index contributed by atoms with van der Waals surface area (Å²) < 4.78 is 24.0. The molecule has 100 valence electrons. The standard InChI is InChI=1S/C13H19FN2O2/c1-17-8-9-18-13-3-2-11(10-12(13)14)16-6-4-15-5-7-16/h2-3,10,15H,4-9H2,1H3. The highest BCUT2D eigenvalue weighted by molar-refractivity contribution is 5.50. The summed E-state index contributed by atoms with van der Waals surface area (Å²) in [4.78, 5) is 2.17. The van der Waals surface area contributed by atoms with E-state index < -0.39 is 0 Å². The minimum Gasteiger partial charge on any atom is -0.488 e. The first-order valence-electron chi connectivity index (χ1n) is 6.18. The molecule has 1 N–H and O–H groups in total. The predicted molar refractivity (Wildman–Crippen MR) is 68.9 cm³/mol. The van der Waals surface area contributed by atoms with Crippen molar-refractivity contribution in [3.8, 4) is 5.75 Å². The zero-order valence-electron chi connectivity index (χ0n) is 10.6.